The minimum absolute atomic E-state index is 0.610. The number of para-hydroxylation sites is 2. The number of aryl methyl sites for hydroxylation is 3. The summed E-state index contributed by atoms with van der Waals surface area (Å²) in [4.78, 5) is 0. The molecule has 0 saturated heterocycles. The van der Waals surface area contributed by atoms with Crippen molar-refractivity contribution < 1.29 is 8.98 Å². The average Bonchev–Trinajstić information content (AvgIpc) is 3.16. The summed E-state index contributed by atoms with van der Waals surface area (Å²) in [6.45, 7) is 2.13. The van der Waals surface area contributed by atoms with E-state index in [9.17, 15) is 0 Å². The van der Waals surface area contributed by atoms with Gasteiger partial charge in [-0.2, -0.15) is 5.26 Å². The van der Waals surface area contributed by atoms with Gasteiger partial charge in [0.25, 0.3) is 5.82 Å². The molecular formula is C23H18N3O+. The van der Waals surface area contributed by atoms with Gasteiger partial charge in [0.1, 0.15) is 11.2 Å². The summed E-state index contributed by atoms with van der Waals surface area (Å²) in [6.07, 6.45) is 0. The van der Waals surface area contributed by atoms with Crippen LogP contribution in [-0.2, 0) is 14.1 Å². The highest BCUT2D eigenvalue weighted by molar-refractivity contribution is 6.06. The van der Waals surface area contributed by atoms with Crippen LogP contribution in [0.3, 0.4) is 0 Å². The first-order valence-electron chi connectivity index (χ1n) is 8.89. The van der Waals surface area contributed by atoms with Gasteiger partial charge in [0.15, 0.2) is 11.0 Å². The fraction of sp³-hybridized carbons (Fsp3) is 0.130. The van der Waals surface area contributed by atoms with Gasteiger partial charge in [0.05, 0.1) is 31.3 Å². The lowest BCUT2D eigenvalue weighted by Crippen LogP contribution is -2.30. The molecule has 27 heavy (non-hydrogen) atoms. The van der Waals surface area contributed by atoms with Crippen molar-refractivity contribution in [2.75, 3.05) is 0 Å². The van der Waals surface area contributed by atoms with Crippen molar-refractivity contribution in [1.82, 2.24) is 4.57 Å². The molecule has 2 aromatic heterocycles. The third-order valence-electron chi connectivity index (χ3n) is 5.43. The second kappa shape index (κ2) is 5.46. The average molecular weight is 352 g/mol. The molecule has 0 aliphatic heterocycles. The normalized spacial score (nSPS) is 11.5. The first-order chi connectivity index (χ1) is 13.1. The Bertz CT molecular complexity index is 1370. The fourth-order valence-electron chi connectivity index (χ4n) is 4.09. The highest BCUT2D eigenvalue weighted by Crippen LogP contribution is 2.34. The number of benzene rings is 3. The summed E-state index contributed by atoms with van der Waals surface area (Å²) < 4.78 is 10.5. The number of hydrogen-bond acceptors (Lipinski definition) is 2. The lowest BCUT2D eigenvalue weighted by molar-refractivity contribution is -0.634. The van der Waals surface area contributed by atoms with Gasteiger partial charge in [0.2, 0.25) is 0 Å². The van der Waals surface area contributed by atoms with E-state index in [0.29, 0.717) is 5.56 Å². The van der Waals surface area contributed by atoms with Gasteiger partial charge >= 0.3 is 0 Å². The lowest BCUT2D eigenvalue weighted by Gasteiger charge is -2.04. The predicted octanol–water partition coefficient (Wildman–Crippen LogP) is 4.75. The Kier molecular flexibility index (Phi) is 3.16. The highest BCUT2D eigenvalue weighted by atomic mass is 16.3. The maximum atomic E-state index is 9.14. The summed E-state index contributed by atoms with van der Waals surface area (Å²) in [6, 6.07) is 20.5. The van der Waals surface area contributed by atoms with Crippen LogP contribution in [0.5, 0.6) is 0 Å². The molecule has 0 saturated carbocycles. The van der Waals surface area contributed by atoms with E-state index in [1.807, 2.05) is 12.1 Å². The third kappa shape index (κ3) is 2.12. The Morgan fingerprint density at radius 1 is 1.00 bits per heavy atom. The first-order valence-corrected chi connectivity index (χ1v) is 8.89. The van der Waals surface area contributed by atoms with Crippen molar-refractivity contribution in [3.8, 4) is 17.5 Å². The fourth-order valence-corrected chi connectivity index (χ4v) is 4.09. The van der Waals surface area contributed by atoms with E-state index >= 15 is 0 Å². The van der Waals surface area contributed by atoms with Crippen LogP contribution in [0, 0.1) is 18.3 Å². The molecule has 0 aliphatic rings. The molecule has 5 aromatic rings. The van der Waals surface area contributed by atoms with Gasteiger partial charge in [-0.15, -0.1) is 0 Å². The number of fused-ring (bicyclic) bond motifs is 4. The van der Waals surface area contributed by atoms with Gasteiger partial charge in [-0.1, -0.05) is 12.1 Å². The predicted molar refractivity (Wildman–Crippen MR) is 106 cm³/mol. The topological polar surface area (TPSA) is 45.7 Å². The van der Waals surface area contributed by atoms with E-state index < -0.39 is 0 Å². The van der Waals surface area contributed by atoms with Crippen molar-refractivity contribution in [2.24, 2.45) is 14.1 Å². The van der Waals surface area contributed by atoms with Crippen molar-refractivity contribution in [3.05, 3.63) is 65.7 Å². The Balaban J connectivity index is 1.83. The van der Waals surface area contributed by atoms with E-state index in [2.05, 4.69) is 72.6 Å². The Labute approximate surface area is 156 Å². The van der Waals surface area contributed by atoms with Crippen LogP contribution in [0.15, 0.2) is 59.0 Å². The SMILES string of the molecule is Cc1cc2c(cc1-c1n(C)c3ccccc3[n+]1C)oc1cc(C#N)ccc12. The molecular weight excluding hydrogens is 334 g/mol. The smallest absolute Gasteiger partial charge is 0.289 e. The molecule has 0 bridgehead atoms. The van der Waals surface area contributed by atoms with Gasteiger partial charge in [0, 0.05) is 10.8 Å². The van der Waals surface area contributed by atoms with Crippen LogP contribution in [0.4, 0.5) is 0 Å². The molecule has 2 heterocycles. The van der Waals surface area contributed by atoms with Crippen LogP contribution < -0.4 is 4.57 Å². The number of rotatable bonds is 1. The Morgan fingerprint density at radius 3 is 2.56 bits per heavy atom. The van der Waals surface area contributed by atoms with E-state index in [4.69, 9.17) is 9.68 Å². The molecule has 4 heteroatoms. The van der Waals surface area contributed by atoms with Crippen molar-refractivity contribution in [3.63, 3.8) is 0 Å². The highest BCUT2D eigenvalue weighted by Gasteiger charge is 2.24. The van der Waals surface area contributed by atoms with E-state index in [0.717, 1.165) is 33.3 Å². The Morgan fingerprint density at radius 2 is 1.78 bits per heavy atom. The monoisotopic (exact) mass is 352 g/mol. The number of aromatic nitrogens is 2. The summed E-state index contributed by atoms with van der Waals surface area (Å²) >= 11 is 0. The van der Waals surface area contributed by atoms with Crippen molar-refractivity contribution in [1.29, 1.82) is 5.26 Å². The van der Waals surface area contributed by atoms with Gasteiger partial charge < -0.3 is 4.42 Å². The largest absolute Gasteiger partial charge is 0.456 e. The molecule has 0 N–H and O–H groups in total. The van der Waals surface area contributed by atoms with E-state index in [1.54, 1.807) is 6.07 Å². The molecule has 0 aliphatic carbocycles. The molecule has 0 radical (unpaired) electrons. The van der Waals surface area contributed by atoms with E-state index in [-0.39, 0.29) is 0 Å². The minimum atomic E-state index is 0.610. The number of hydrogen-bond donors (Lipinski definition) is 0. The zero-order chi connectivity index (χ0) is 18.7. The van der Waals surface area contributed by atoms with Crippen LogP contribution >= 0.6 is 0 Å². The number of nitriles is 1. The minimum Gasteiger partial charge on any atom is -0.456 e. The van der Waals surface area contributed by atoms with Crippen molar-refractivity contribution in [2.45, 2.75) is 6.92 Å². The van der Waals surface area contributed by atoms with Gasteiger partial charge in [-0.05, 0) is 55.0 Å². The molecule has 0 fully saturated rings. The zero-order valence-electron chi connectivity index (χ0n) is 15.4. The van der Waals surface area contributed by atoms with Crippen LogP contribution in [0.1, 0.15) is 11.1 Å². The molecule has 4 nitrogen and oxygen atoms in total. The van der Waals surface area contributed by atoms with Crippen LogP contribution in [0.25, 0.3) is 44.4 Å². The third-order valence-corrected chi connectivity index (χ3v) is 5.43. The maximum absolute atomic E-state index is 9.14. The van der Waals surface area contributed by atoms with Crippen molar-refractivity contribution >= 4 is 33.0 Å². The first kappa shape index (κ1) is 15.7. The van der Waals surface area contributed by atoms with Crippen LogP contribution in [0.2, 0.25) is 0 Å². The maximum Gasteiger partial charge on any atom is 0.289 e. The molecule has 130 valence electrons. The second-order valence-electron chi connectivity index (χ2n) is 7.02. The van der Waals surface area contributed by atoms with Gasteiger partial charge in [-0.25, -0.2) is 9.13 Å². The molecule has 0 amide bonds. The van der Waals surface area contributed by atoms with Crippen LogP contribution in [-0.4, -0.2) is 4.57 Å². The Hall–Kier alpha value is -3.58. The zero-order valence-corrected chi connectivity index (χ0v) is 15.4. The standard InChI is InChI=1S/C23H18N3O/c1-14-10-18-16-9-8-15(13-24)11-21(16)27-22(18)12-17(14)23-25(2)19-6-4-5-7-20(19)26(23)3/h4-12H,1-3H3/q+1. The lowest BCUT2D eigenvalue weighted by atomic mass is 10.0. The molecule has 3 aromatic carbocycles. The number of furan rings is 1. The molecule has 0 atom stereocenters. The summed E-state index contributed by atoms with van der Waals surface area (Å²) in [5, 5.41) is 11.3. The number of nitrogens with zero attached hydrogens (tertiary/aromatic N) is 3. The summed E-state index contributed by atoms with van der Waals surface area (Å²) in [5.41, 5.74) is 6.92. The van der Waals surface area contributed by atoms with Gasteiger partial charge in [-0.3, -0.25) is 0 Å². The molecule has 5 rings (SSSR count). The quantitative estimate of drug-likeness (QED) is 0.409. The van der Waals surface area contributed by atoms with E-state index in [1.165, 1.54) is 16.6 Å². The molecule has 0 unspecified atom stereocenters. The number of imidazole rings is 1. The summed E-state index contributed by atoms with van der Waals surface area (Å²) in [7, 11) is 4.19. The second-order valence-corrected chi connectivity index (χ2v) is 7.02. The summed E-state index contributed by atoms with van der Waals surface area (Å²) in [5.74, 6) is 1.13. The molecule has 0 spiro atoms.